The van der Waals surface area contributed by atoms with E-state index in [0.29, 0.717) is 13.1 Å². The number of likely N-dealkylation sites (tertiary alicyclic amines) is 1. The lowest BCUT2D eigenvalue weighted by Crippen LogP contribution is -2.38. The molecule has 1 atom stereocenters. The predicted octanol–water partition coefficient (Wildman–Crippen LogP) is 0.217. The minimum absolute atomic E-state index is 0.0164. The second-order valence-corrected chi connectivity index (χ2v) is 3.30. The summed E-state index contributed by atoms with van der Waals surface area (Å²) in [7, 11) is 1.71. The highest BCUT2D eigenvalue weighted by atomic mass is 16.4. The molecule has 1 aliphatic rings. The van der Waals surface area contributed by atoms with Crippen molar-refractivity contribution in [3.63, 3.8) is 0 Å². The fourth-order valence-corrected chi connectivity index (χ4v) is 1.49. The molecule has 1 unspecified atom stereocenters. The Morgan fingerprint density at radius 3 is 2.54 bits per heavy atom. The fraction of sp³-hybridized carbons (Fsp3) is 0.750. The van der Waals surface area contributed by atoms with Gasteiger partial charge in [-0.05, 0) is 6.42 Å². The Balaban J connectivity index is 2.49. The van der Waals surface area contributed by atoms with Gasteiger partial charge in [-0.2, -0.15) is 0 Å². The smallest absolute Gasteiger partial charge is 0.407 e. The molecule has 0 aromatic rings. The van der Waals surface area contributed by atoms with Crippen LogP contribution in [0.25, 0.3) is 0 Å². The molecule has 1 fully saturated rings. The molecule has 0 aromatic heterocycles. The van der Waals surface area contributed by atoms with E-state index in [0.717, 1.165) is 6.42 Å². The first-order valence-corrected chi connectivity index (χ1v) is 4.23. The molecule has 13 heavy (non-hydrogen) atoms. The fourth-order valence-electron chi connectivity index (χ4n) is 1.49. The van der Waals surface area contributed by atoms with E-state index < -0.39 is 6.09 Å². The molecule has 1 saturated heterocycles. The summed E-state index contributed by atoms with van der Waals surface area (Å²) < 4.78 is 0. The number of hydrogen-bond acceptors (Lipinski definition) is 2. The van der Waals surface area contributed by atoms with Gasteiger partial charge in [-0.25, -0.2) is 4.79 Å². The molecule has 0 radical (unpaired) electrons. The molecule has 74 valence electrons. The minimum atomic E-state index is -0.903. The maximum atomic E-state index is 11.0. The van der Waals surface area contributed by atoms with Gasteiger partial charge in [0.2, 0.25) is 5.91 Å². The van der Waals surface area contributed by atoms with Gasteiger partial charge in [0.1, 0.15) is 0 Å². The van der Waals surface area contributed by atoms with Crippen molar-refractivity contribution < 1.29 is 14.7 Å². The molecule has 5 nitrogen and oxygen atoms in total. The molecule has 5 heteroatoms. The van der Waals surface area contributed by atoms with Crippen molar-refractivity contribution in [2.45, 2.75) is 19.4 Å². The summed E-state index contributed by atoms with van der Waals surface area (Å²) >= 11 is 0. The van der Waals surface area contributed by atoms with Crippen LogP contribution in [-0.2, 0) is 4.79 Å². The molecule has 2 amide bonds. The Kier molecular flexibility index (Phi) is 2.75. The molecule has 0 aromatic carbocycles. The van der Waals surface area contributed by atoms with Crippen LogP contribution in [0.5, 0.6) is 0 Å². The Labute approximate surface area is 76.9 Å². The summed E-state index contributed by atoms with van der Waals surface area (Å²) in [5.41, 5.74) is 0. The molecule has 1 heterocycles. The summed E-state index contributed by atoms with van der Waals surface area (Å²) in [5, 5.41) is 8.67. The van der Waals surface area contributed by atoms with Gasteiger partial charge in [0.25, 0.3) is 0 Å². The van der Waals surface area contributed by atoms with E-state index in [1.165, 1.54) is 11.8 Å². The third-order valence-electron chi connectivity index (χ3n) is 2.48. The van der Waals surface area contributed by atoms with Gasteiger partial charge in [-0.1, -0.05) is 0 Å². The van der Waals surface area contributed by atoms with E-state index in [1.807, 2.05) is 0 Å². The third-order valence-corrected chi connectivity index (χ3v) is 2.48. The highest BCUT2D eigenvalue weighted by Crippen LogP contribution is 2.14. The Morgan fingerprint density at radius 2 is 2.15 bits per heavy atom. The van der Waals surface area contributed by atoms with Gasteiger partial charge in [0.05, 0.1) is 6.04 Å². The minimum Gasteiger partial charge on any atom is -0.465 e. The average molecular weight is 186 g/mol. The van der Waals surface area contributed by atoms with Gasteiger partial charge < -0.3 is 14.9 Å². The van der Waals surface area contributed by atoms with E-state index in [-0.39, 0.29) is 11.9 Å². The number of nitrogens with zero attached hydrogens (tertiary/aromatic N) is 2. The standard InChI is InChI=1S/C8H14N2O3/c1-6(11)9(2)7-3-4-10(5-7)8(12)13/h7H,3-5H2,1-2H3,(H,12,13). The summed E-state index contributed by atoms with van der Waals surface area (Å²) in [6, 6.07) is 0.0496. The second kappa shape index (κ2) is 3.64. The zero-order valence-electron chi connectivity index (χ0n) is 7.86. The van der Waals surface area contributed by atoms with Crippen LogP contribution in [0.15, 0.2) is 0 Å². The number of carboxylic acid groups (broad SMARTS) is 1. The van der Waals surface area contributed by atoms with Crippen molar-refractivity contribution in [3.05, 3.63) is 0 Å². The number of amides is 2. The van der Waals surface area contributed by atoms with Crippen LogP contribution < -0.4 is 0 Å². The monoisotopic (exact) mass is 186 g/mol. The van der Waals surface area contributed by atoms with Crippen molar-refractivity contribution in [2.75, 3.05) is 20.1 Å². The molecule has 0 saturated carbocycles. The zero-order valence-corrected chi connectivity index (χ0v) is 7.86. The highest BCUT2D eigenvalue weighted by Gasteiger charge is 2.29. The number of likely N-dealkylation sites (N-methyl/N-ethyl adjacent to an activating group) is 1. The lowest BCUT2D eigenvalue weighted by atomic mass is 10.2. The molecular weight excluding hydrogens is 172 g/mol. The van der Waals surface area contributed by atoms with Crippen molar-refractivity contribution in [3.8, 4) is 0 Å². The number of rotatable bonds is 1. The first-order chi connectivity index (χ1) is 6.02. The first kappa shape index (κ1) is 9.83. The van der Waals surface area contributed by atoms with Crippen LogP contribution in [-0.4, -0.2) is 53.1 Å². The summed E-state index contributed by atoms with van der Waals surface area (Å²) in [6.07, 6.45) is -0.165. The van der Waals surface area contributed by atoms with E-state index in [4.69, 9.17) is 5.11 Å². The topological polar surface area (TPSA) is 60.9 Å². The molecular formula is C8H14N2O3. The van der Waals surface area contributed by atoms with Crippen LogP contribution in [0.3, 0.4) is 0 Å². The van der Waals surface area contributed by atoms with E-state index in [2.05, 4.69) is 0 Å². The molecule has 0 bridgehead atoms. The number of hydrogen-bond donors (Lipinski definition) is 1. The normalized spacial score (nSPS) is 21.7. The van der Waals surface area contributed by atoms with Gasteiger partial charge in [-0.3, -0.25) is 4.79 Å². The molecule has 1 rings (SSSR count). The average Bonchev–Trinajstić information content (AvgIpc) is 2.50. The quantitative estimate of drug-likeness (QED) is 0.637. The van der Waals surface area contributed by atoms with Gasteiger partial charge in [-0.15, -0.1) is 0 Å². The van der Waals surface area contributed by atoms with Crippen molar-refractivity contribution in [2.24, 2.45) is 0 Å². The maximum Gasteiger partial charge on any atom is 0.407 e. The lowest BCUT2D eigenvalue weighted by Gasteiger charge is -2.22. The number of carbonyl (C=O) groups is 2. The zero-order chi connectivity index (χ0) is 10.0. The van der Waals surface area contributed by atoms with Crippen molar-refractivity contribution >= 4 is 12.0 Å². The van der Waals surface area contributed by atoms with Crippen molar-refractivity contribution in [1.29, 1.82) is 0 Å². The Morgan fingerprint density at radius 1 is 1.54 bits per heavy atom. The molecule has 1 N–H and O–H groups in total. The molecule has 0 aliphatic carbocycles. The lowest BCUT2D eigenvalue weighted by molar-refractivity contribution is -0.129. The van der Waals surface area contributed by atoms with Gasteiger partial charge in [0.15, 0.2) is 0 Å². The van der Waals surface area contributed by atoms with Crippen LogP contribution >= 0.6 is 0 Å². The molecule has 0 spiro atoms. The largest absolute Gasteiger partial charge is 0.465 e. The van der Waals surface area contributed by atoms with Crippen LogP contribution in [0.2, 0.25) is 0 Å². The van der Waals surface area contributed by atoms with Crippen LogP contribution in [0.1, 0.15) is 13.3 Å². The summed E-state index contributed by atoms with van der Waals surface area (Å²) in [4.78, 5) is 24.5. The third kappa shape index (κ3) is 2.11. The maximum absolute atomic E-state index is 11.0. The Hall–Kier alpha value is -1.26. The summed E-state index contributed by atoms with van der Waals surface area (Å²) in [6.45, 7) is 2.45. The van der Waals surface area contributed by atoms with E-state index in [9.17, 15) is 9.59 Å². The van der Waals surface area contributed by atoms with Gasteiger partial charge >= 0.3 is 6.09 Å². The summed E-state index contributed by atoms with van der Waals surface area (Å²) in [5.74, 6) is -0.0164. The SMILES string of the molecule is CC(=O)N(C)C1CCN(C(=O)O)C1. The molecule has 1 aliphatic heterocycles. The second-order valence-electron chi connectivity index (χ2n) is 3.30. The first-order valence-electron chi connectivity index (χ1n) is 4.23. The highest BCUT2D eigenvalue weighted by molar-refractivity contribution is 5.73. The number of carbonyl (C=O) groups excluding carboxylic acids is 1. The predicted molar refractivity (Wildman–Crippen MR) is 46.4 cm³/mol. The Bertz CT molecular complexity index is 229. The van der Waals surface area contributed by atoms with Gasteiger partial charge in [0, 0.05) is 27.1 Å². The van der Waals surface area contributed by atoms with E-state index in [1.54, 1.807) is 11.9 Å². The van der Waals surface area contributed by atoms with Crippen LogP contribution in [0.4, 0.5) is 4.79 Å². The van der Waals surface area contributed by atoms with Crippen LogP contribution in [0, 0.1) is 0 Å². The van der Waals surface area contributed by atoms with Crippen molar-refractivity contribution in [1.82, 2.24) is 9.80 Å². The van der Waals surface area contributed by atoms with E-state index >= 15 is 0 Å².